The third-order valence-corrected chi connectivity index (χ3v) is 2.35. The molecule has 0 radical (unpaired) electrons. The van der Waals surface area contributed by atoms with Crippen LogP contribution in [0.15, 0.2) is 24.3 Å². The summed E-state index contributed by atoms with van der Waals surface area (Å²) in [6.07, 6.45) is 0.742. The van der Waals surface area contributed by atoms with Crippen LogP contribution < -0.4 is 10.6 Å². The highest BCUT2D eigenvalue weighted by Crippen LogP contribution is 2.11. The van der Waals surface area contributed by atoms with E-state index in [1.54, 1.807) is 31.4 Å². The van der Waals surface area contributed by atoms with Crippen LogP contribution in [0.2, 0.25) is 0 Å². The SMILES string of the molecule is COCCCNC(=O)Nc1cccc(C(=O)OC)c1. The van der Waals surface area contributed by atoms with Gasteiger partial charge in [0.15, 0.2) is 0 Å². The van der Waals surface area contributed by atoms with E-state index in [0.717, 1.165) is 6.42 Å². The Morgan fingerprint density at radius 3 is 2.74 bits per heavy atom. The van der Waals surface area contributed by atoms with E-state index in [2.05, 4.69) is 15.4 Å². The minimum Gasteiger partial charge on any atom is -0.465 e. The van der Waals surface area contributed by atoms with Crippen LogP contribution in [0, 0.1) is 0 Å². The molecule has 0 aliphatic carbocycles. The van der Waals surface area contributed by atoms with Crippen LogP contribution >= 0.6 is 0 Å². The Balaban J connectivity index is 2.48. The van der Waals surface area contributed by atoms with Gasteiger partial charge < -0.3 is 20.1 Å². The van der Waals surface area contributed by atoms with Gasteiger partial charge in [-0.3, -0.25) is 0 Å². The first kappa shape index (κ1) is 15.0. The van der Waals surface area contributed by atoms with Crippen molar-refractivity contribution in [3.63, 3.8) is 0 Å². The van der Waals surface area contributed by atoms with Gasteiger partial charge in [-0.05, 0) is 24.6 Å². The number of benzene rings is 1. The van der Waals surface area contributed by atoms with Crippen LogP contribution in [0.4, 0.5) is 10.5 Å². The second-order valence-electron chi connectivity index (χ2n) is 3.80. The molecule has 19 heavy (non-hydrogen) atoms. The summed E-state index contributed by atoms with van der Waals surface area (Å²) in [5, 5.41) is 5.32. The summed E-state index contributed by atoms with van der Waals surface area (Å²) < 4.78 is 9.48. The number of urea groups is 1. The molecular weight excluding hydrogens is 248 g/mol. The van der Waals surface area contributed by atoms with Crippen LogP contribution in [0.5, 0.6) is 0 Å². The van der Waals surface area contributed by atoms with Crippen LogP contribution in [0.25, 0.3) is 0 Å². The molecule has 1 rings (SSSR count). The quantitative estimate of drug-likeness (QED) is 0.606. The van der Waals surface area contributed by atoms with Crippen molar-refractivity contribution in [2.75, 3.05) is 32.7 Å². The van der Waals surface area contributed by atoms with Gasteiger partial charge in [-0.25, -0.2) is 9.59 Å². The predicted molar refractivity (Wildman–Crippen MR) is 71.3 cm³/mol. The van der Waals surface area contributed by atoms with E-state index < -0.39 is 5.97 Å². The van der Waals surface area contributed by atoms with Gasteiger partial charge in [0.1, 0.15) is 0 Å². The second-order valence-corrected chi connectivity index (χ2v) is 3.80. The van der Waals surface area contributed by atoms with E-state index in [0.29, 0.717) is 24.4 Å². The van der Waals surface area contributed by atoms with Crippen LogP contribution in [-0.4, -0.2) is 39.4 Å². The number of methoxy groups -OCH3 is 2. The van der Waals surface area contributed by atoms with Gasteiger partial charge in [-0.15, -0.1) is 0 Å². The third kappa shape index (κ3) is 5.39. The first-order chi connectivity index (χ1) is 9.17. The molecule has 104 valence electrons. The topological polar surface area (TPSA) is 76.7 Å². The Bertz CT molecular complexity index is 434. The van der Waals surface area contributed by atoms with Gasteiger partial charge in [0.2, 0.25) is 0 Å². The highest BCUT2D eigenvalue weighted by Gasteiger charge is 2.07. The molecule has 0 aromatic heterocycles. The lowest BCUT2D eigenvalue weighted by Crippen LogP contribution is -2.30. The molecule has 1 aromatic rings. The van der Waals surface area contributed by atoms with E-state index >= 15 is 0 Å². The standard InChI is InChI=1S/C13H18N2O4/c1-18-8-4-7-14-13(17)15-11-6-3-5-10(9-11)12(16)19-2/h3,5-6,9H,4,7-8H2,1-2H3,(H2,14,15,17). The fraction of sp³-hybridized carbons (Fsp3) is 0.385. The van der Waals surface area contributed by atoms with Gasteiger partial charge in [-0.2, -0.15) is 0 Å². The molecule has 6 nitrogen and oxygen atoms in total. The summed E-state index contributed by atoms with van der Waals surface area (Å²) >= 11 is 0. The van der Waals surface area contributed by atoms with Crippen molar-refractivity contribution in [2.24, 2.45) is 0 Å². The molecule has 0 heterocycles. The molecule has 0 saturated carbocycles. The zero-order valence-electron chi connectivity index (χ0n) is 11.1. The molecule has 2 amide bonds. The number of rotatable bonds is 6. The largest absolute Gasteiger partial charge is 0.465 e. The summed E-state index contributed by atoms with van der Waals surface area (Å²) in [6, 6.07) is 6.22. The van der Waals surface area contributed by atoms with Gasteiger partial charge in [-0.1, -0.05) is 6.07 Å². The number of esters is 1. The predicted octanol–water partition coefficient (Wildman–Crippen LogP) is 1.63. The summed E-state index contributed by atoms with van der Waals surface area (Å²) in [6.45, 7) is 1.12. The van der Waals surface area contributed by atoms with Crippen molar-refractivity contribution >= 4 is 17.7 Å². The molecule has 0 spiro atoms. The Hall–Kier alpha value is -2.08. The number of nitrogens with one attached hydrogen (secondary N) is 2. The smallest absolute Gasteiger partial charge is 0.337 e. The number of amides is 2. The fourth-order valence-electron chi connectivity index (χ4n) is 1.44. The Morgan fingerprint density at radius 2 is 2.05 bits per heavy atom. The number of hydrogen-bond donors (Lipinski definition) is 2. The second kappa shape index (κ2) is 8.10. The van der Waals surface area contributed by atoms with Crippen LogP contribution in [0.3, 0.4) is 0 Å². The summed E-state index contributed by atoms with van der Waals surface area (Å²) in [4.78, 5) is 22.9. The fourth-order valence-corrected chi connectivity index (χ4v) is 1.44. The van der Waals surface area contributed by atoms with E-state index in [9.17, 15) is 9.59 Å². The maximum absolute atomic E-state index is 11.5. The van der Waals surface area contributed by atoms with Gasteiger partial charge in [0.25, 0.3) is 0 Å². The van der Waals surface area contributed by atoms with Crippen molar-refractivity contribution < 1.29 is 19.1 Å². The number of carbonyl (C=O) groups excluding carboxylic acids is 2. The van der Waals surface area contributed by atoms with E-state index in [4.69, 9.17) is 4.74 Å². The van der Waals surface area contributed by atoms with E-state index in [1.807, 2.05) is 0 Å². The zero-order chi connectivity index (χ0) is 14.1. The molecular formula is C13H18N2O4. The lowest BCUT2D eigenvalue weighted by atomic mass is 10.2. The van der Waals surface area contributed by atoms with Crippen molar-refractivity contribution in [1.29, 1.82) is 0 Å². The van der Waals surface area contributed by atoms with Crippen molar-refractivity contribution in [3.05, 3.63) is 29.8 Å². The molecule has 1 aromatic carbocycles. The number of ether oxygens (including phenoxy) is 2. The molecule has 0 atom stereocenters. The molecule has 2 N–H and O–H groups in total. The van der Waals surface area contributed by atoms with Crippen molar-refractivity contribution in [1.82, 2.24) is 5.32 Å². The molecule has 6 heteroatoms. The lowest BCUT2D eigenvalue weighted by Gasteiger charge is -2.08. The highest BCUT2D eigenvalue weighted by molar-refractivity contribution is 5.93. The van der Waals surface area contributed by atoms with E-state index in [-0.39, 0.29) is 6.03 Å². The Morgan fingerprint density at radius 1 is 1.26 bits per heavy atom. The first-order valence-corrected chi connectivity index (χ1v) is 5.89. The summed E-state index contributed by atoms with van der Waals surface area (Å²) in [7, 11) is 2.92. The number of hydrogen-bond acceptors (Lipinski definition) is 4. The average molecular weight is 266 g/mol. The Labute approximate surface area is 112 Å². The average Bonchev–Trinajstić information content (AvgIpc) is 2.43. The van der Waals surface area contributed by atoms with Crippen molar-refractivity contribution in [3.8, 4) is 0 Å². The molecule has 0 fully saturated rings. The van der Waals surface area contributed by atoms with Gasteiger partial charge in [0.05, 0.1) is 12.7 Å². The molecule has 0 unspecified atom stereocenters. The maximum Gasteiger partial charge on any atom is 0.337 e. The van der Waals surface area contributed by atoms with Crippen molar-refractivity contribution in [2.45, 2.75) is 6.42 Å². The lowest BCUT2D eigenvalue weighted by molar-refractivity contribution is 0.0600. The molecule has 0 aliphatic rings. The first-order valence-electron chi connectivity index (χ1n) is 5.89. The molecule has 0 bridgehead atoms. The summed E-state index contributed by atoms with van der Waals surface area (Å²) in [5.74, 6) is -0.441. The number of anilines is 1. The minimum atomic E-state index is -0.441. The minimum absolute atomic E-state index is 0.321. The summed E-state index contributed by atoms with van der Waals surface area (Å²) in [5.41, 5.74) is 0.923. The molecule has 0 aliphatic heterocycles. The maximum atomic E-state index is 11.5. The highest BCUT2D eigenvalue weighted by atomic mass is 16.5. The third-order valence-electron chi connectivity index (χ3n) is 2.35. The normalized spacial score (nSPS) is 9.79. The number of carbonyl (C=O) groups is 2. The Kier molecular flexibility index (Phi) is 6.38. The van der Waals surface area contributed by atoms with Crippen LogP contribution in [-0.2, 0) is 9.47 Å². The van der Waals surface area contributed by atoms with Gasteiger partial charge in [0, 0.05) is 25.9 Å². The molecule has 0 saturated heterocycles. The van der Waals surface area contributed by atoms with Gasteiger partial charge >= 0.3 is 12.0 Å². The van der Waals surface area contributed by atoms with Crippen LogP contribution in [0.1, 0.15) is 16.8 Å². The monoisotopic (exact) mass is 266 g/mol. The zero-order valence-corrected chi connectivity index (χ0v) is 11.1. The van der Waals surface area contributed by atoms with E-state index in [1.165, 1.54) is 7.11 Å².